The van der Waals surface area contributed by atoms with Gasteiger partial charge in [0.1, 0.15) is 0 Å². The van der Waals surface area contributed by atoms with Gasteiger partial charge < -0.3 is 0 Å². The summed E-state index contributed by atoms with van der Waals surface area (Å²) in [5.74, 6) is 0.850. The van der Waals surface area contributed by atoms with Gasteiger partial charge in [0.05, 0.1) is 16.3 Å². The van der Waals surface area contributed by atoms with Crippen LogP contribution in [-0.2, 0) is 19.5 Å². The van der Waals surface area contributed by atoms with Crippen molar-refractivity contribution in [2.75, 3.05) is 6.54 Å². The normalized spacial score (nSPS) is 14.0. The molecule has 4 nitrogen and oxygen atoms in total. The molecular formula is C23H20N4S. The van der Waals surface area contributed by atoms with E-state index in [-0.39, 0.29) is 0 Å². The van der Waals surface area contributed by atoms with Gasteiger partial charge in [-0.2, -0.15) is 0 Å². The number of pyridine rings is 1. The second-order valence-electron chi connectivity index (χ2n) is 7.02. The van der Waals surface area contributed by atoms with Crippen molar-refractivity contribution in [3.63, 3.8) is 0 Å². The summed E-state index contributed by atoms with van der Waals surface area (Å²) in [4.78, 5) is 17.6. The van der Waals surface area contributed by atoms with Crippen LogP contribution in [-0.4, -0.2) is 26.4 Å². The zero-order valence-corrected chi connectivity index (χ0v) is 16.3. The fraction of sp³-hybridized carbons (Fsp3) is 0.174. The number of benzene rings is 1. The number of aromatic nitrogens is 3. The molecule has 0 radical (unpaired) electrons. The first-order valence-electron chi connectivity index (χ1n) is 9.46. The van der Waals surface area contributed by atoms with Gasteiger partial charge >= 0.3 is 0 Å². The molecule has 0 bridgehead atoms. The lowest BCUT2D eigenvalue weighted by Gasteiger charge is -2.28. The molecular weight excluding hydrogens is 364 g/mol. The van der Waals surface area contributed by atoms with Crippen molar-refractivity contribution in [1.29, 1.82) is 0 Å². The van der Waals surface area contributed by atoms with Gasteiger partial charge in [-0.15, -0.1) is 11.3 Å². The zero-order chi connectivity index (χ0) is 18.8. The van der Waals surface area contributed by atoms with Crippen LogP contribution in [0.25, 0.3) is 22.0 Å². The topological polar surface area (TPSA) is 41.9 Å². The standard InChI is InChI=1S/C23H20N4S/c1-2-5-18(6-3-1)20-9-8-17(13-24-20)15-27-11-10-21-19(16-27)14-25-23(26-21)22-7-4-12-28-22/h1-9,12-14H,10-11,15-16H2. The maximum atomic E-state index is 4.80. The molecule has 0 unspecified atom stereocenters. The van der Waals surface area contributed by atoms with Crippen LogP contribution < -0.4 is 0 Å². The molecule has 0 saturated heterocycles. The van der Waals surface area contributed by atoms with E-state index < -0.39 is 0 Å². The van der Waals surface area contributed by atoms with E-state index in [0.29, 0.717) is 0 Å². The Bertz CT molecular complexity index is 1060. The van der Waals surface area contributed by atoms with Gasteiger partial charge in [0, 0.05) is 49.6 Å². The molecule has 0 aliphatic carbocycles. The van der Waals surface area contributed by atoms with Crippen LogP contribution >= 0.6 is 11.3 Å². The number of rotatable bonds is 4. The highest BCUT2D eigenvalue weighted by Gasteiger charge is 2.19. The van der Waals surface area contributed by atoms with E-state index in [1.165, 1.54) is 16.8 Å². The summed E-state index contributed by atoms with van der Waals surface area (Å²) in [7, 11) is 0. The Morgan fingerprint density at radius 2 is 1.86 bits per heavy atom. The lowest BCUT2D eigenvalue weighted by atomic mass is 10.1. The number of hydrogen-bond acceptors (Lipinski definition) is 5. The third-order valence-electron chi connectivity index (χ3n) is 5.06. The second-order valence-corrected chi connectivity index (χ2v) is 7.97. The van der Waals surface area contributed by atoms with E-state index in [0.717, 1.165) is 48.0 Å². The van der Waals surface area contributed by atoms with Gasteiger partial charge in [-0.25, -0.2) is 9.97 Å². The molecule has 0 N–H and O–H groups in total. The summed E-state index contributed by atoms with van der Waals surface area (Å²) in [5.41, 5.74) is 5.83. The molecule has 1 aromatic carbocycles. The molecule has 4 heterocycles. The molecule has 4 aromatic rings. The molecule has 138 valence electrons. The van der Waals surface area contributed by atoms with Gasteiger partial charge in [0.2, 0.25) is 0 Å². The second kappa shape index (κ2) is 7.62. The first kappa shape index (κ1) is 17.2. The van der Waals surface area contributed by atoms with E-state index in [1.807, 2.05) is 36.7 Å². The highest BCUT2D eigenvalue weighted by atomic mass is 32.1. The van der Waals surface area contributed by atoms with Crippen LogP contribution in [0.4, 0.5) is 0 Å². The first-order valence-corrected chi connectivity index (χ1v) is 10.3. The molecule has 0 spiro atoms. The Hall–Kier alpha value is -2.89. The van der Waals surface area contributed by atoms with Gasteiger partial charge in [-0.3, -0.25) is 9.88 Å². The summed E-state index contributed by atoms with van der Waals surface area (Å²) in [5, 5.41) is 2.07. The average molecular weight is 385 g/mol. The van der Waals surface area contributed by atoms with Crippen molar-refractivity contribution in [3.05, 3.63) is 89.2 Å². The van der Waals surface area contributed by atoms with Crippen LogP contribution in [0.3, 0.4) is 0 Å². The van der Waals surface area contributed by atoms with E-state index in [9.17, 15) is 0 Å². The Balaban J connectivity index is 1.28. The minimum atomic E-state index is 0.850. The monoisotopic (exact) mass is 384 g/mol. The van der Waals surface area contributed by atoms with Crippen LogP contribution in [0.5, 0.6) is 0 Å². The molecule has 0 saturated carbocycles. The predicted molar refractivity (Wildman–Crippen MR) is 113 cm³/mol. The minimum Gasteiger partial charge on any atom is -0.294 e. The van der Waals surface area contributed by atoms with Gasteiger partial charge in [-0.05, 0) is 23.1 Å². The van der Waals surface area contributed by atoms with Crippen LogP contribution in [0.15, 0.2) is 72.4 Å². The maximum absolute atomic E-state index is 4.80. The van der Waals surface area contributed by atoms with E-state index >= 15 is 0 Å². The summed E-state index contributed by atoms with van der Waals surface area (Å²) >= 11 is 1.69. The van der Waals surface area contributed by atoms with Crippen molar-refractivity contribution in [3.8, 4) is 22.0 Å². The molecule has 28 heavy (non-hydrogen) atoms. The maximum Gasteiger partial charge on any atom is 0.169 e. The largest absolute Gasteiger partial charge is 0.294 e. The molecule has 0 fully saturated rings. The van der Waals surface area contributed by atoms with Crippen molar-refractivity contribution < 1.29 is 0 Å². The van der Waals surface area contributed by atoms with Gasteiger partial charge in [-0.1, -0.05) is 42.5 Å². The van der Waals surface area contributed by atoms with E-state index in [4.69, 9.17) is 4.98 Å². The summed E-state index contributed by atoms with van der Waals surface area (Å²) in [6.07, 6.45) is 4.96. The van der Waals surface area contributed by atoms with Crippen molar-refractivity contribution in [1.82, 2.24) is 19.9 Å². The summed E-state index contributed by atoms with van der Waals surface area (Å²) in [6.45, 7) is 2.79. The molecule has 5 heteroatoms. The Morgan fingerprint density at radius 1 is 0.929 bits per heavy atom. The number of thiophene rings is 1. The Morgan fingerprint density at radius 3 is 2.64 bits per heavy atom. The van der Waals surface area contributed by atoms with Gasteiger partial charge in [0.25, 0.3) is 0 Å². The number of fused-ring (bicyclic) bond motifs is 1. The van der Waals surface area contributed by atoms with Crippen LogP contribution in [0.2, 0.25) is 0 Å². The molecule has 3 aromatic heterocycles. The van der Waals surface area contributed by atoms with Crippen molar-refractivity contribution in [2.45, 2.75) is 19.5 Å². The SMILES string of the molecule is c1ccc(-c2ccc(CN3CCc4nc(-c5cccs5)ncc4C3)cn2)cc1. The molecule has 1 aliphatic heterocycles. The van der Waals surface area contributed by atoms with E-state index in [1.54, 1.807) is 11.3 Å². The highest BCUT2D eigenvalue weighted by molar-refractivity contribution is 7.13. The summed E-state index contributed by atoms with van der Waals surface area (Å²) in [6, 6.07) is 18.7. The predicted octanol–water partition coefficient (Wildman–Crippen LogP) is 4.83. The number of nitrogens with zero attached hydrogens (tertiary/aromatic N) is 4. The van der Waals surface area contributed by atoms with Crippen LogP contribution in [0, 0.1) is 0 Å². The lowest BCUT2D eigenvalue weighted by molar-refractivity contribution is 0.242. The Kier molecular flexibility index (Phi) is 4.69. The Labute approximate surface area is 168 Å². The van der Waals surface area contributed by atoms with Crippen LogP contribution in [0.1, 0.15) is 16.8 Å². The number of hydrogen-bond donors (Lipinski definition) is 0. The average Bonchev–Trinajstić information content (AvgIpc) is 3.30. The fourth-order valence-electron chi connectivity index (χ4n) is 3.59. The minimum absolute atomic E-state index is 0.850. The zero-order valence-electron chi connectivity index (χ0n) is 15.5. The third-order valence-corrected chi connectivity index (χ3v) is 5.92. The van der Waals surface area contributed by atoms with Crippen molar-refractivity contribution in [2.24, 2.45) is 0 Å². The van der Waals surface area contributed by atoms with Gasteiger partial charge in [0.15, 0.2) is 5.82 Å². The lowest BCUT2D eigenvalue weighted by Crippen LogP contribution is -2.31. The quantitative estimate of drug-likeness (QED) is 0.506. The smallest absolute Gasteiger partial charge is 0.169 e. The van der Waals surface area contributed by atoms with Crippen molar-refractivity contribution >= 4 is 11.3 Å². The molecule has 0 atom stereocenters. The third kappa shape index (κ3) is 3.59. The first-order chi connectivity index (χ1) is 13.8. The van der Waals surface area contributed by atoms with E-state index in [2.05, 4.69) is 50.6 Å². The fourth-order valence-corrected chi connectivity index (χ4v) is 4.25. The molecule has 0 amide bonds. The molecule has 1 aliphatic rings. The summed E-state index contributed by atoms with van der Waals surface area (Å²) < 4.78 is 0. The highest BCUT2D eigenvalue weighted by Crippen LogP contribution is 2.25. The molecule has 5 rings (SSSR count).